The molecule has 2 heterocycles. The number of aromatic nitrogens is 2. The number of carboxylic acid groups (broad SMARTS) is 1. The number of benzene rings is 2. The second kappa shape index (κ2) is 6.89. The maximum Gasteiger partial charge on any atom is 0.355 e. The van der Waals surface area contributed by atoms with E-state index in [9.17, 15) is 9.90 Å². The smallest absolute Gasteiger partial charge is 0.355 e. The minimum Gasteiger partial charge on any atom is -0.497 e. The summed E-state index contributed by atoms with van der Waals surface area (Å²) in [4.78, 5) is 18.6. The van der Waals surface area contributed by atoms with Gasteiger partial charge in [0, 0.05) is 10.4 Å². The first-order valence-corrected chi connectivity index (χ1v) is 9.43. The number of thiazole rings is 1. The fraction of sp³-hybridized carbons (Fsp3) is 0.143. The van der Waals surface area contributed by atoms with E-state index in [-0.39, 0.29) is 5.69 Å². The topological polar surface area (TPSA) is 63.8 Å². The Morgan fingerprint density at radius 1 is 1.11 bits per heavy atom. The van der Waals surface area contributed by atoms with Gasteiger partial charge in [-0.1, -0.05) is 37.3 Å². The summed E-state index contributed by atoms with van der Waals surface area (Å²) < 4.78 is 7.02. The first-order valence-electron chi connectivity index (χ1n) is 8.61. The number of aromatic carboxylic acids is 1. The number of ether oxygens (including phenoxy) is 1. The fourth-order valence-corrected chi connectivity index (χ4v) is 4.31. The predicted molar refractivity (Wildman–Crippen MR) is 107 cm³/mol. The van der Waals surface area contributed by atoms with Crippen molar-refractivity contribution in [3.05, 3.63) is 65.2 Å². The number of imidazole rings is 1. The number of carboxylic acids is 1. The van der Waals surface area contributed by atoms with E-state index in [4.69, 9.17) is 4.74 Å². The Kier molecular flexibility index (Phi) is 4.41. The SMILES string of the molecule is CCc1sc2nc(-c3ccccc3)c(C(=O)O)n2c1-c1ccc(OC)cc1. The summed E-state index contributed by atoms with van der Waals surface area (Å²) >= 11 is 1.53. The molecule has 0 spiro atoms. The van der Waals surface area contributed by atoms with Gasteiger partial charge >= 0.3 is 5.97 Å². The summed E-state index contributed by atoms with van der Waals surface area (Å²) in [6.07, 6.45) is 0.801. The van der Waals surface area contributed by atoms with E-state index in [0.717, 1.165) is 33.9 Å². The Morgan fingerprint density at radius 2 is 1.81 bits per heavy atom. The molecule has 6 heteroatoms. The summed E-state index contributed by atoms with van der Waals surface area (Å²) in [5, 5.41) is 9.97. The standard InChI is InChI=1S/C21H18N2O3S/c1-3-16-18(14-9-11-15(26-2)12-10-14)23-19(20(24)25)17(22-21(23)27-16)13-7-5-4-6-8-13/h4-12H,3H2,1-2H3,(H,24,25). The number of rotatable bonds is 5. The monoisotopic (exact) mass is 378 g/mol. The molecule has 1 N–H and O–H groups in total. The molecule has 0 saturated heterocycles. The van der Waals surface area contributed by atoms with Gasteiger partial charge in [-0.15, -0.1) is 11.3 Å². The van der Waals surface area contributed by atoms with E-state index in [2.05, 4.69) is 11.9 Å². The molecule has 136 valence electrons. The highest BCUT2D eigenvalue weighted by molar-refractivity contribution is 7.17. The minimum atomic E-state index is -0.989. The second-order valence-corrected chi connectivity index (χ2v) is 7.12. The van der Waals surface area contributed by atoms with Crippen LogP contribution >= 0.6 is 11.3 Å². The number of carbonyl (C=O) groups is 1. The molecule has 0 aliphatic rings. The summed E-state index contributed by atoms with van der Waals surface area (Å²) in [5.41, 5.74) is 3.31. The van der Waals surface area contributed by atoms with Crippen molar-refractivity contribution in [1.29, 1.82) is 0 Å². The molecule has 0 aliphatic heterocycles. The van der Waals surface area contributed by atoms with Crippen LogP contribution < -0.4 is 4.74 Å². The first-order chi connectivity index (χ1) is 13.1. The number of methoxy groups -OCH3 is 1. The van der Waals surface area contributed by atoms with Crippen molar-refractivity contribution in [3.63, 3.8) is 0 Å². The molecule has 0 saturated carbocycles. The Morgan fingerprint density at radius 3 is 2.41 bits per heavy atom. The minimum absolute atomic E-state index is 0.193. The number of nitrogens with zero attached hydrogens (tertiary/aromatic N) is 2. The Bertz CT molecular complexity index is 1110. The molecule has 5 nitrogen and oxygen atoms in total. The van der Waals surface area contributed by atoms with Crippen LogP contribution in [0.25, 0.3) is 27.5 Å². The Hall–Kier alpha value is -3.12. The van der Waals surface area contributed by atoms with Crippen molar-refractivity contribution in [2.24, 2.45) is 0 Å². The fourth-order valence-electron chi connectivity index (χ4n) is 3.23. The molecule has 0 atom stereocenters. The zero-order valence-corrected chi connectivity index (χ0v) is 15.8. The van der Waals surface area contributed by atoms with Crippen molar-refractivity contribution in [1.82, 2.24) is 9.38 Å². The number of hydrogen-bond acceptors (Lipinski definition) is 4. The van der Waals surface area contributed by atoms with Crippen molar-refractivity contribution >= 4 is 22.3 Å². The average molecular weight is 378 g/mol. The molecular formula is C21H18N2O3S. The molecular weight excluding hydrogens is 360 g/mol. The van der Waals surface area contributed by atoms with Crippen molar-refractivity contribution in [3.8, 4) is 28.3 Å². The highest BCUT2D eigenvalue weighted by Crippen LogP contribution is 2.37. The van der Waals surface area contributed by atoms with Crippen LogP contribution in [-0.4, -0.2) is 27.6 Å². The molecule has 0 fully saturated rings. The van der Waals surface area contributed by atoms with Crippen LogP contribution in [0.5, 0.6) is 5.75 Å². The van der Waals surface area contributed by atoms with Gasteiger partial charge in [0.25, 0.3) is 0 Å². The van der Waals surface area contributed by atoms with E-state index in [1.807, 2.05) is 54.6 Å². The molecule has 0 amide bonds. The molecule has 2 aromatic heterocycles. The van der Waals surface area contributed by atoms with Crippen LogP contribution in [0.15, 0.2) is 54.6 Å². The van der Waals surface area contributed by atoms with Gasteiger partial charge in [-0.05, 0) is 36.2 Å². The summed E-state index contributed by atoms with van der Waals surface area (Å²) in [5.74, 6) is -0.228. The van der Waals surface area contributed by atoms with Gasteiger partial charge in [0.1, 0.15) is 11.4 Å². The number of hydrogen-bond donors (Lipinski definition) is 1. The largest absolute Gasteiger partial charge is 0.497 e. The molecule has 4 aromatic rings. The second-order valence-electron chi connectivity index (χ2n) is 6.05. The van der Waals surface area contributed by atoms with E-state index < -0.39 is 5.97 Å². The average Bonchev–Trinajstić information content (AvgIpc) is 3.24. The lowest BCUT2D eigenvalue weighted by molar-refractivity contribution is 0.0690. The lowest BCUT2D eigenvalue weighted by Gasteiger charge is -2.07. The van der Waals surface area contributed by atoms with E-state index in [1.54, 1.807) is 11.5 Å². The maximum atomic E-state index is 12.2. The molecule has 0 unspecified atom stereocenters. The van der Waals surface area contributed by atoms with Gasteiger partial charge < -0.3 is 9.84 Å². The van der Waals surface area contributed by atoms with Gasteiger partial charge in [-0.25, -0.2) is 9.78 Å². The molecule has 0 aliphatic carbocycles. The lowest BCUT2D eigenvalue weighted by Crippen LogP contribution is -2.05. The van der Waals surface area contributed by atoms with Gasteiger partial charge in [-0.3, -0.25) is 4.40 Å². The van der Waals surface area contributed by atoms with Crippen LogP contribution in [-0.2, 0) is 6.42 Å². The van der Waals surface area contributed by atoms with Crippen molar-refractivity contribution in [2.45, 2.75) is 13.3 Å². The van der Waals surface area contributed by atoms with E-state index in [0.29, 0.717) is 10.7 Å². The van der Waals surface area contributed by atoms with Crippen LogP contribution in [0.1, 0.15) is 22.3 Å². The van der Waals surface area contributed by atoms with Crippen LogP contribution in [0.3, 0.4) is 0 Å². The summed E-state index contributed by atoms with van der Waals surface area (Å²) in [7, 11) is 1.62. The number of fused-ring (bicyclic) bond motifs is 1. The van der Waals surface area contributed by atoms with Gasteiger partial charge in [-0.2, -0.15) is 0 Å². The van der Waals surface area contributed by atoms with Crippen molar-refractivity contribution in [2.75, 3.05) is 7.11 Å². The van der Waals surface area contributed by atoms with Gasteiger partial charge in [0.2, 0.25) is 0 Å². The third-order valence-corrected chi connectivity index (χ3v) is 5.67. The highest BCUT2D eigenvalue weighted by Gasteiger charge is 2.25. The summed E-state index contributed by atoms with van der Waals surface area (Å²) in [6, 6.07) is 17.1. The van der Waals surface area contributed by atoms with Gasteiger partial charge in [0.05, 0.1) is 12.8 Å². The highest BCUT2D eigenvalue weighted by atomic mass is 32.1. The maximum absolute atomic E-state index is 12.2. The molecule has 2 aromatic carbocycles. The van der Waals surface area contributed by atoms with Crippen LogP contribution in [0.4, 0.5) is 0 Å². The quantitative estimate of drug-likeness (QED) is 0.531. The lowest BCUT2D eigenvalue weighted by atomic mass is 10.1. The zero-order valence-electron chi connectivity index (χ0n) is 15.0. The molecule has 4 rings (SSSR count). The predicted octanol–water partition coefficient (Wildman–Crippen LogP) is 5.00. The normalized spacial score (nSPS) is 11.0. The Labute approximate surface area is 160 Å². The van der Waals surface area contributed by atoms with Crippen LogP contribution in [0, 0.1) is 0 Å². The van der Waals surface area contributed by atoms with Crippen LogP contribution in [0.2, 0.25) is 0 Å². The molecule has 0 radical (unpaired) electrons. The third kappa shape index (κ3) is 2.88. The molecule has 0 bridgehead atoms. The van der Waals surface area contributed by atoms with E-state index >= 15 is 0 Å². The summed E-state index contributed by atoms with van der Waals surface area (Å²) in [6.45, 7) is 2.07. The third-order valence-electron chi connectivity index (χ3n) is 4.48. The first kappa shape index (κ1) is 17.3. The van der Waals surface area contributed by atoms with E-state index in [1.165, 1.54) is 11.3 Å². The van der Waals surface area contributed by atoms with Crippen molar-refractivity contribution < 1.29 is 14.6 Å². The number of aryl methyl sites for hydroxylation is 1. The zero-order chi connectivity index (χ0) is 19.0. The molecule has 27 heavy (non-hydrogen) atoms. The van der Waals surface area contributed by atoms with Gasteiger partial charge in [0.15, 0.2) is 10.7 Å². The Balaban J connectivity index is 2.02.